The Kier molecular flexibility index (Phi) is 4.15. The maximum atomic E-state index is 5.98. The first-order valence-corrected chi connectivity index (χ1v) is 8.15. The number of benzene rings is 1. The van der Waals surface area contributed by atoms with Crippen molar-refractivity contribution in [3.63, 3.8) is 0 Å². The third kappa shape index (κ3) is 2.91. The Bertz CT molecular complexity index is 798. The summed E-state index contributed by atoms with van der Waals surface area (Å²) >= 11 is 6.99. The minimum absolute atomic E-state index is 0.0971. The van der Waals surface area contributed by atoms with Crippen LogP contribution in [-0.2, 0) is 0 Å². The fourth-order valence-corrected chi connectivity index (χ4v) is 3.59. The Hall–Kier alpha value is -1.17. The van der Waals surface area contributed by atoms with E-state index in [-0.39, 0.29) is 6.04 Å². The number of hydrogen-bond donors (Lipinski definition) is 1. The summed E-state index contributed by atoms with van der Waals surface area (Å²) in [5.74, 6) is 0.855. The van der Waals surface area contributed by atoms with Gasteiger partial charge in [0.1, 0.15) is 17.4 Å². The molecule has 2 heterocycles. The zero-order chi connectivity index (χ0) is 15.0. The van der Waals surface area contributed by atoms with Crippen molar-refractivity contribution in [2.75, 3.05) is 7.05 Å². The first-order chi connectivity index (χ1) is 10.1. The van der Waals surface area contributed by atoms with Crippen molar-refractivity contribution in [3.05, 3.63) is 62.5 Å². The van der Waals surface area contributed by atoms with E-state index < -0.39 is 0 Å². The summed E-state index contributed by atoms with van der Waals surface area (Å²) in [5, 5.41) is 4.38. The Morgan fingerprint density at radius 2 is 2.00 bits per heavy atom. The van der Waals surface area contributed by atoms with Crippen LogP contribution < -0.4 is 5.32 Å². The molecule has 0 radical (unpaired) electrons. The maximum absolute atomic E-state index is 5.98. The molecule has 108 valence electrons. The molecule has 2 aromatic heterocycles. The predicted molar refractivity (Wildman–Crippen MR) is 91.5 cm³/mol. The van der Waals surface area contributed by atoms with Gasteiger partial charge in [0.25, 0.3) is 0 Å². The van der Waals surface area contributed by atoms with Gasteiger partial charge < -0.3 is 9.73 Å². The van der Waals surface area contributed by atoms with Crippen LogP contribution in [0.3, 0.4) is 0 Å². The SMILES string of the molecule is CNC(c1cc2cc(C)ccc2o1)c1ncc(Br)cc1Br. The number of aryl methyl sites for hydroxylation is 1. The molecule has 0 aliphatic carbocycles. The summed E-state index contributed by atoms with van der Waals surface area (Å²) in [4.78, 5) is 4.50. The zero-order valence-electron chi connectivity index (χ0n) is 11.7. The average molecular weight is 410 g/mol. The smallest absolute Gasteiger partial charge is 0.134 e. The molecule has 0 amide bonds. The molecule has 1 unspecified atom stereocenters. The topological polar surface area (TPSA) is 38.1 Å². The van der Waals surface area contributed by atoms with Gasteiger partial charge in [-0.25, -0.2) is 0 Å². The quantitative estimate of drug-likeness (QED) is 0.663. The molecule has 0 aliphatic rings. The first-order valence-electron chi connectivity index (χ1n) is 6.57. The molecule has 1 N–H and O–H groups in total. The summed E-state index contributed by atoms with van der Waals surface area (Å²) in [6.07, 6.45) is 1.79. The summed E-state index contributed by atoms with van der Waals surface area (Å²) in [6.45, 7) is 2.08. The van der Waals surface area contributed by atoms with Crippen molar-refractivity contribution in [3.8, 4) is 0 Å². The molecule has 0 bridgehead atoms. The number of fused-ring (bicyclic) bond motifs is 1. The van der Waals surface area contributed by atoms with E-state index in [4.69, 9.17) is 4.42 Å². The number of hydrogen-bond acceptors (Lipinski definition) is 3. The fourth-order valence-electron chi connectivity index (χ4n) is 2.38. The van der Waals surface area contributed by atoms with Crippen LogP contribution >= 0.6 is 31.9 Å². The molecule has 3 aromatic rings. The molecule has 0 aliphatic heterocycles. The second kappa shape index (κ2) is 5.91. The third-order valence-electron chi connectivity index (χ3n) is 3.37. The maximum Gasteiger partial charge on any atom is 0.134 e. The number of furan rings is 1. The molecule has 3 rings (SSSR count). The van der Waals surface area contributed by atoms with E-state index in [0.717, 1.165) is 31.4 Å². The Morgan fingerprint density at radius 1 is 1.19 bits per heavy atom. The van der Waals surface area contributed by atoms with Gasteiger partial charge in [-0.1, -0.05) is 11.6 Å². The lowest BCUT2D eigenvalue weighted by Crippen LogP contribution is -2.18. The van der Waals surface area contributed by atoms with E-state index in [1.165, 1.54) is 5.56 Å². The lowest BCUT2D eigenvalue weighted by Gasteiger charge is -2.14. The van der Waals surface area contributed by atoms with Crippen LogP contribution in [0.1, 0.15) is 23.1 Å². The molecular formula is C16H14Br2N2O. The molecule has 1 aromatic carbocycles. The Balaban J connectivity index is 2.09. The van der Waals surface area contributed by atoms with Crippen molar-refractivity contribution in [2.45, 2.75) is 13.0 Å². The van der Waals surface area contributed by atoms with Crippen LogP contribution in [0.5, 0.6) is 0 Å². The van der Waals surface area contributed by atoms with Gasteiger partial charge in [0.05, 0.1) is 5.69 Å². The van der Waals surface area contributed by atoms with Crippen molar-refractivity contribution in [1.29, 1.82) is 0 Å². The fraction of sp³-hybridized carbons (Fsp3) is 0.188. The normalized spacial score (nSPS) is 12.8. The van der Waals surface area contributed by atoms with Crippen molar-refractivity contribution in [2.24, 2.45) is 0 Å². The van der Waals surface area contributed by atoms with Crippen LogP contribution in [0.4, 0.5) is 0 Å². The molecule has 1 atom stereocenters. The minimum Gasteiger partial charge on any atom is -0.459 e. The van der Waals surface area contributed by atoms with Crippen LogP contribution in [0, 0.1) is 6.92 Å². The highest BCUT2D eigenvalue weighted by atomic mass is 79.9. The second-order valence-corrected chi connectivity index (χ2v) is 6.70. The van der Waals surface area contributed by atoms with E-state index in [1.807, 2.05) is 19.2 Å². The molecule has 0 spiro atoms. The zero-order valence-corrected chi connectivity index (χ0v) is 14.8. The highest BCUT2D eigenvalue weighted by molar-refractivity contribution is 9.11. The van der Waals surface area contributed by atoms with E-state index in [2.05, 4.69) is 67.3 Å². The molecule has 3 nitrogen and oxygen atoms in total. The van der Waals surface area contributed by atoms with E-state index in [1.54, 1.807) is 6.20 Å². The van der Waals surface area contributed by atoms with Crippen LogP contribution in [0.15, 0.2) is 49.9 Å². The van der Waals surface area contributed by atoms with E-state index in [0.29, 0.717) is 0 Å². The van der Waals surface area contributed by atoms with Crippen LogP contribution in [0.25, 0.3) is 11.0 Å². The molecule has 21 heavy (non-hydrogen) atoms. The summed E-state index contributed by atoms with van der Waals surface area (Å²) < 4.78 is 7.86. The number of aromatic nitrogens is 1. The van der Waals surface area contributed by atoms with Gasteiger partial charge in [0.15, 0.2) is 0 Å². The van der Waals surface area contributed by atoms with Gasteiger partial charge in [0, 0.05) is 20.5 Å². The van der Waals surface area contributed by atoms with Gasteiger partial charge in [-0.05, 0) is 70.1 Å². The highest BCUT2D eigenvalue weighted by Crippen LogP contribution is 2.32. The largest absolute Gasteiger partial charge is 0.459 e. The molecule has 0 saturated heterocycles. The van der Waals surface area contributed by atoms with Gasteiger partial charge in [-0.15, -0.1) is 0 Å². The number of halogens is 2. The molecule has 5 heteroatoms. The van der Waals surface area contributed by atoms with Gasteiger partial charge in [-0.3, -0.25) is 4.98 Å². The summed E-state index contributed by atoms with van der Waals surface area (Å²) in [6, 6.07) is 10.1. The predicted octanol–water partition coefficient (Wildman–Crippen LogP) is 4.97. The second-order valence-electron chi connectivity index (χ2n) is 4.93. The van der Waals surface area contributed by atoms with Gasteiger partial charge in [0.2, 0.25) is 0 Å². The molecule has 0 fully saturated rings. The van der Waals surface area contributed by atoms with E-state index >= 15 is 0 Å². The van der Waals surface area contributed by atoms with Gasteiger partial charge in [-0.2, -0.15) is 0 Å². The number of pyridine rings is 1. The lowest BCUT2D eigenvalue weighted by atomic mass is 10.1. The Morgan fingerprint density at radius 3 is 2.71 bits per heavy atom. The number of nitrogens with zero attached hydrogens (tertiary/aromatic N) is 1. The highest BCUT2D eigenvalue weighted by Gasteiger charge is 2.20. The molecular weight excluding hydrogens is 396 g/mol. The first kappa shape index (κ1) is 14.8. The summed E-state index contributed by atoms with van der Waals surface area (Å²) in [7, 11) is 1.90. The number of rotatable bonds is 3. The third-order valence-corrected chi connectivity index (χ3v) is 4.44. The summed E-state index contributed by atoms with van der Waals surface area (Å²) in [5.41, 5.74) is 3.01. The van der Waals surface area contributed by atoms with Crippen molar-refractivity contribution in [1.82, 2.24) is 10.3 Å². The van der Waals surface area contributed by atoms with E-state index in [9.17, 15) is 0 Å². The minimum atomic E-state index is -0.0971. The lowest BCUT2D eigenvalue weighted by molar-refractivity contribution is 0.485. The average Bonchev–Trinajstić information content (AvgIpc) is 2.84. The van der Waals surface area contributed by atoms with Gasteiger partial charge >= 0.3 is 0 Å². The number of nitrogens with one attached hydrogen (secondary N) is 1. The van der Waals surface area contributed by atoms with Crippen LogP contribution in [0.2, 0.25) is 0 Å². The van der Waals surface area contributed by atoms with Crippen LogP contribution in [-0.4, -0.2) is 12.0 Å². The van der Waals surface area contributed by atoms with Crippen molar-refractivity contribution >= 4 is 42.8 Å². The molecule has 0 saturated carbocycles. The standard InChI is InChI=1S/C16H14Br2N2O/c1-9-3-4-13-10(5-9)6-14(21-13)16(19-2)15-12(18)7-11(17)8-20-15/h3-8,16,19H,1-2H3. The van der Waals surface area contributed by atoms with Crippen molar-refractivity contribution < 1.29 is 4.42 Å². The monoisotopic (exact) mass is 408 g/mol. The Labute approximate surface area is 140 Å².